The van der Waals surface area contributed by atoms with E-state index in [1.54, 1.807) is 0 Å². The molecule has 0 aliphatic carbocycles. The molecule has 0 saturated carbocycles. The third-order valence-electron chi connectivity index (χ3n) is 1.35. The average molecular weight is 229 g/mol. The topological polar surface area (TPSA) is 49.4 Å². The minimum atomic E-state index is -2.63. The molecule has 3 amide bonds. The lowest BCUT2D eigenvalue weighted by Gasteiger charge is -2.16. The molecule has 0 aliphatic rings. The van der Waals surface area contributed by atoms with E-state index in [1.807, 2.05) is 5.32 Å². The van der Waals surface area contributed by atoms with E-state index in [0.717, 1.165) is 7.05 Å². The normalized spacial score (nSPS) is 12.4. The first-order valence-corrected chi connectivity index (χ1v) is 4.26. The Kier molecular flexibility index (Phi) is 5.37. The molecule has 0 spiro atoms. The minimum Gasteiger partial charge on any atom is -0.322 e. The van der Waals surface area contributed by atoms with Crippen molar-refractivity contribution in [3.63, 3.8) is 0 Å². The van der Waals surface area contributed by atoms with Crippen molar-refractivity contribution >= 4 is 23.5 Å². The fourth-order valence-corrected chi connectivity index (χ4v) is 0.645. The number of alkyl halides is 3. The fourth-order valence-electron chi connectivity index (χ4n) is 0.590. The molecule has 0 rings (SSSR count). The molecule has 4 nitrogen and oxygen atoms in total. The predicted octanol–water partition coefficient (Wildman–Crippen LogP) is 1.05. The summed E-state index contributed by atoms with van der Waals surface area (Å²) in [5.41, 5.74) is 0. The van der Waals surface area contributed by atoms with E-state index in [0.29, 0.717) is 4.90 Å². The van der Waals surface area contributed by atoms with Crippen molar-refractivity contribution in [2.75, 3.05) is 13.6 Å². The average Bonchev–Trinajstić information content (AvgIpc) is 2.02. The quantitative estimate of drug-likeness (QED) is 0.734. The Hall–Kier alpha value is -0.910. The van der Waals surface area contributed by atoms with Crippen molar-refractivity contribution in [2.24, 2.45) is 0 Å². The van der Waals surface area contributed by atoms with Crippen molar-refractivity contribution in [1.29, 1.82) is 0 Å². The number of carbonyl (C=O) groups excluding carboxylic acids is 2. The second kappa shape index (κ2) is 5.74. The molecular weight excluding hydrogens is 218 g/mol. The molecule has 0 fully saturated rings. The summed E-state index contributed by atoms with van der Waals surface area (Å²) in [7, 11) is 1.16. The number of amides is 3. The van der Waals surface area contributed by atoms with Crippen molar-refractivity contribution in [3.05, 3.63) is 0 Å². The first kappa shape index (κ1) is 13.1. The van der Waals surface area contributed by atoms with Gasteiger partial charge < -0.3 is 4.90 Å². The van der Waals surface area contributed by atoms with Gasteiger partial charge in [0.2, 0.25) is 5.91 Å². The van der Waals surface area contributed by atoms with Crippen LogP contribution in [-0.4, -0.2) is 42.2 Å². The zero-order chi connectivity index (χ0) is 11.3. The second-order valence-electron chi connectivity index (χ2n) is 2.68. The lowest BCUT2D eigenvalue weighted by atomic mass is 10.4. The summed E-state index contributed by atoms with van der Waals surface area (Å²) in [4.78, 5) is 22.6. The van der Waals surface area contributed by atoms with E-state index in [-0.39, 0.29) is 0 Å². The number of nitrogens with one attached hydrogen (secondary N) is 1. The van der Waals surface area contributed by atoms with Crippen molar-refractivity contribution in [3.8, 4) is 0 Å². The Morgan fingerprint density at radius 3 is 2.36 bits per heavy atom. The van der Waals surface area contributed by atoms with Crippen molar-refractivity contribution < 1.29 is 18.4 Å². The van der Waals surface area contributed by atoms with E-state index >= 15 is 0 Å². The lowest BCUT2D eigenvalue weighted by molar-refractivity contribution is -0.119. The van der Waals surface area contributed by atoms with Gasteiger partial charge in [0.05, 0.1) is 6.54 Å². The van der Waals surface area contributed by atoms with Gasteiger partial charge in [-0.25, -0.2) is 13.6 Å². The van der Waals surface area contributed by atoms with Crippen LogP contribution in [0.25, 0.3) is 0 Å². The molecule has 1 N–H and O–H groups in total. The van der Waals surface area contributed by atoms with Crippen LogP contribution in [0.3, 0.4) is 0 Å². The van der Waals surface area contributed by atoms with Gasteiger partial charge in [0.1, 0.15) is 5.38 Å². The Balaban J connectivity index is 4.02. The number of urea groups is 1. The van der Waals surface area contributed by atoms with Crippen molar-refractivity contribution in [1.82, 2.24) is 10.2 Å². The molecule has 14 heavy (non-hydrogen) atoms. The molecular formula is C7H11ClF2N2O2. The van der Waals surface area contributed by atoms with Gasteiger partial charge in [-0.15, -0.1) is 11.6 Å². The number of hydrogen-bond donors (Lipinski definition) is 1. The molecule has 0 aromatic carbocycles. The highest BCUT2D eigenvalue weighted by Crippen LogP contribution is 1.97. The SMILES string of the molecule is CC(Cl)C(=O)NC(=O)N(C)CC(F)F. The van der Waals surface area contributed by atoms with Gasteiger partial charge in [-0.1, -0.05) is 0 Å². The molecule has 0 saturated heterocycles. The summed E-state index contributed by atoms with van der Waals surface area (Å²) >= 11 is 5.35. The molecule has 1 atom stereocenters. The Bertz CT molecular complexity index is 224. The van der Waals surface area contributed by atoms with E-state index in [2.05, 4.69) is 0 Å². The summed E-state index contributed by atoms with van der Waals surface area (Å²) in [5, 5.41) is 0.991. The number of imide groups is 1. The van der Waals surface area contributed by atoms with Crippen LogP contribution in [-0.2, 0) is 4.79 Å². The third-order valence-corrected chi connectivity index (χ3v) is 1.55. The van der Waals surface area contributed by atoms with Gasteiger partial charge in [0.15, 0.2) is 0 Å². The Morgan fingerprint density at radius 1 is 1.50 bits per heavy atom. The minimum absolute atomic E-state index is 0.710. The zero-order valence-corrected chi connectivity index (χ0v) is 8.52. The van der Waals surface area contributed by atoms with Gasteiger partial charge in [0.25, 0.3) is 6.43 Å². The highest BCUT2D eigenvalue weighted by Gasteiger charge is 2.18. The van der Waals surface area contributed by atoms with Crippen LogP contribution in [0.2, 0.25) is 0 Å². The molecule has 0 radical (unpaired) electrons. The van der Waals surface area contributed by atoms with E-state index in [9.17, 15) is 18.4 Å². The third kappa shape index (κ3) is 4.96. The van der Waals surface area contributed by atoms with Crippen LogP contribution < -0.4 is 5.32 Å². The summed E-state index contributed by atoms with van der Waals surface area (Å²) in [6.07, 6.45) is -2.63. The maximum atomic E-state index is 11.8. The summed E-state index contributed by atoms with van der Waals surface area (Å²) in [6.45, 7) is 0.646. The van der Waals surface area contributed by atoms with Crippen LogP contribution in [0.5, 0.6) is 0 Å². The monoisotopic (exact) mass is 228 g/mol. The number of carbonyl (C=O) groups is 2. The van der Waals surface area contributed by atoms with Gasteiger partial charge >= 0.3 is 6.03 Å². The molecule has 0 bridgehead atoms. The molecule has 0 heterocycles. The molecule has 1 unspecified atom stereocenters. The molecule has 0 aromatic heterocycles. The van der Waals surface area contributed by atoms with E-state index in [1.165, 1.54) is 6.92 Å². The number of halogens is 3. The Morgan fingerprint density at radius 2 is 2.00 bits per heavy atom. The van der Waals surface area contributed by atoms with Crippen LogP contribution >= 0.6 is 11.6 Å². The highest BCUT2D eigenvalue weighted by molar-refractivity contribution is 6.31. The predicted molar refractivity (Wildman–Crippen MR) is 47.5 cm³/mol. The molecule has 0 aliphatic heterocycles. The summed E-state index contributed by atoms with van der Waals surface area (Å²) < 4.78 is 23.6. The maximum absolute atomic E-state index is 11.8. The summed E-state index contributed by atoms with van der Waals surface area (Å²) in [5.74, 6) is -0.710. The number of rotatable bonds is 3. The fraction of sp³-hybridized carbons (Fsp3) is 0.714. The van der Waals surface area contributed by atoms with Crippen LogP contribution in [0.1, 0.15) is 6.92 Å². The summed E-state index contributed by atoms with van der Waals surface area (Å²) in [6, 6.07) is -0.886. The largest absolute Gasteiger partial charge is 0.324 e. The van der Waals surface area contributed by atoms with Gasteiger partial charge in [-0.3, -0.25) is 10.1 Å². The van der Waals surface area contributed by atoms with Crippen LogP contribution in [0.4, 0.5) is 13.6 Å². The highest BCUT2D eigenvalue weighted by atomic mass is 35.5. The first-order valence-electron chi connectivity index (χ1n) is 3.82. The molecule has 82 valence electrons. The second-order valence-corrected chi connectivity index (χ2v) is 3.34. The Labute approximate surface area is 85.2 Å². The first-order chi connectivity index (χ1) is 6.34. The maximum Gasteiger partial charge on any atom is 0.324 e. The number of nitrogens with zero attached hydrogens (tertiary/aromatic N) is 1. The standard InChI is InChI=1S/C7H11ClF2N2O2/c1-4(8)6(13)11-7(14)12(2)3-5(9)10/h4-5H,3H2,1-2H3,(H,11,13,14). The van der Waals surface area contributed by atoms with Gasteiger partial charge in [-0.2, -0.15) is 0 Å². The van der Waals surface area contributed by atoms with E-state index < -0.39 is 30.3 Å². The molecule has 0 aromatic rings. The molecule has 7 heteroatoms. The van der Waals surface area contributed by atoms with E-state index in [4.69, 9.17) is 11.6 Å². The van der Waals surface area contributed by atoms with Crippen molar-refractivity contribution in [2.45, 2.75) is 18.7 Å². The van der Waals surface area contributed by atoms with Gasteiger partial charge in [-0.05, 0) is 6.92 Å². The smallest absolute Gasteiger partial charge is 0.322 e. The van der Waals surface area contributed by atoms with Gasteiger partial charge in [0, 0.05) is 7.05 Å². The van der Waals surface area contributed by atoms with Crippen LogP contribution in [0, 0.1) is 0 Å². The lowest BCUT2D eigenvalue weighted by Crippen LogP contribution is -2.44. The number of hydrogen-bond acceptors (Lipinski definition) is 2. The van der Waals surface area contributed by atoms with Crippen LogP contribution in [0.15, 0.2) is 0 Å². The zero-order valence-electron chi connectivity index (χ0n) is 7.76.